The summed E-state index contributed by atoms with van der Waals surface area (Å²) in [7, 11) is 4.18. The van der Waals surface area contributed by atoms with E-state index in [2.05, 4.69) is 85.4 Å². The third-order valence-corrected chi connectivity index (χ3v) is 5.95. The number of nitrogens with zero attached hydrogens (tertiary/aromatic N) is 2. The van der Waals surface area contributed by atoms with Crippen LogP contribution in [0.1, 0.15) is 31.7 Å². The third kappa shape index (κ3) is 5.26. The highest BCUT2D eigenvalue weighted by atomic mass is 16.5. The fraction of sp³-hybridized carbons (Fsp3) is 0.500. The van der Waals surface area contributed by atoms with Crippen LogP contribution >= 0.6 is 0 Å². The smallest absolute Gasteiger partial charge is 0.0523 e. The molecule has 3 heteroatoms. The average molecular weight is 367 g/mol. The molecule has 0 N–H and O–H groups in total. The summed E-state index contributed by atoms with van der Waals surface area (Å²) in [6.07, 6.45) is 4.76. The van der Waals surface area contributed by atoms with Crippen LogP contribution in [0.4, 0.5) is 11.4 Å². The lowest BCUT2D eigenvalue weighted by molar-refractivity contribution is 0.0286. The highest BCUT2D eigenvalue weighted by molar-refractivity contribution is 5.56. The molecular formula is C24H34N2O. The van der Waals surface area contributed by atoms with Crippen LogP contribution in [0.15, 0.2) is 54.6 Å². The van der Waals surface area contributed by atoms with Crippen LogP contribution in [-0.4, -0.2) is 40.4 Å². The number of hydrogen-bond donors (Lipinski definition) is 0. The van der Waals surface area contributed by atoms with Crippen LogP contribution in [0.25, 0.3) is 0 Å². The van der Waals surface area contributed by atoms with E-state index < -0.39 is 0 Å². The van der Waals surface area contributed by atoms with Gasteiger partial charge in [0.15, 0.2) is 0 Å². The molecule has 3 nitrogen and oxygen atoms in total. The molecule has 1 saturated heterocycles. The minimum atomic E-state index is 0.311. The van der Waals surface area contributed by atoms with E-state index in [1.807, 2.05) is 0 Å². The second-order valence-electron chi connectivity index (χ2n) is 8.02. The van der Waals surface area contributed by atoms with Crippen LogP contribution < -0.4 is 9.80 Å². The molecule has 0 spiro atoms. The summed E-state index contributed by atoms with van der Waals surface area (Å²) >= 11 is 0. The first-order chi connectivity index (χ1) is 13.1. The van der Waals surface area contributed by atoms with E-state index in [9.17, 15) is 0 Å². The number of hydrogen-bond acceptors (Lipinski definition) is 3. The standard InChI is InChI=1S/C24H34N2O/c1-4-27-20-24(15-14-21-8-6-5-7-9-21)16-18-26(19-17-24)23-12-10-22(11-13-23)25(2)3/h5-13H,4,14-20H2,1-3H3. The molecule has 27 heavy (non-hydrogen) atoms. The maximum atomic E-state index is 5.92. The van der Waals surface area contributed by atoms with Gasteiger partial charge in [-0.05, 0) is 67.9 Å². The van der Waals surface area contributed by atoms with Gasteiger partial charge in [-0.2, -0.15) is 0 Å². The van der Waals surface area contributed by atoms with Crippen LogP contribution in [-0.2, 0) is 11.2 Å². The Bertz CT molecular complexity index is 673. The molecule has 1 aliphatic rings. The molecular weight excluding hydrogens is 332 g/mol. The van der Waals surface area contributed by atoms with E-state index >= 15 is 0 Å². The van der Waals surface area contributed by atoms with Gasteiger partial charge in [-0.25, -0.2) is 0 Å². The molecule has 0 aromatic heterocycles. The summed E-state index contributed by atoms with van der Waals surface area (Å²) in [4.78, 5) is 4.68. The zero-order valence-corrected chi connectivity index (χ0v) is 17.2. The number of benzene rings is 2. The van der Waals surface area contributed by atoms with Crippen LogP contribution in [0.2, 0.25) is 0 Å². The number of piperidine rings is 1. The lowest BCUT2D eigenvalue weighted by Gasteiger charge is -2.43. The largest absolute Gasteiger partial charge is 0.381 e. The molecule has 0 unspecified atom stereocenters. The van der Waals surface area contributed by atoms with Crippen LogP contribution in [0.5, 0.6) is 0 Å². The van der Waals surface area contributed by atoms with Crippen molar-refractivity contribution in [3.63, 3.8) is 0 Å². The van der Waals surface area contributed by atoms with Gasteiger partial charge in [-0.15, -0.1) is 0 Å². The molecule has 1 heterocycles. The minimum Gasteiger partial charge on any atom is -0.381 e. The minimum absolute atomic E-state index is 0.311. The number of aryl methyl sites for hydroxylation is 1. The average Bonchev–Trinajstić information content (AvgIpc) is 2.72. The van der Waals surface area contributed by atoms with Crippen molar-refractivity contribution in [2.24, 2.45) is 5.41 Å². The summed E-state index contributed by atoms with van der Waals surface area (Å²) in [5.74, 6) is 0. The zero-order chi connectivity index (χ0) is 19.1. The lowest BCUT2D eigenvalue weighted by atomic mass is 9.74. The summed E-state index contributed by atoms with van der Waals surface area (Å²) in [5, 5.41) is 0. The van der Waals surface area contributed by atoms with Gasteiger partial charge in [0.2, 0.25) is 0 Å². The van der Waals surface area contributed by atoms with Gasteiger partial charge in [-0.1, -0.05) is 30.3 Å². The van der Waals surface area contributed by atoms with Crippen molar-refractivity contribution in [2.45, 2.75) is 32.6 Å². The molecule has 0 saturated carbocycles. The highest BCUT2D eigenvalue weighted by Crippen LogP contribution is 2.38. The normalized spacial score (nSPS) is 16.3. The zero-order valence-electron chi connectivity index (χ0n) is 17.2. The second-order valence-corrected chi connectivity index (χ2v) is 8.02. The third-order valence-electron chi connectivity index (χ3n) is 5.95. The quantitative estimate of drug-likeness (QED) is 0.653. The van der Waals surface area contributed by atoms with Gasteiger partial charge < -0.3 is 14.5 Å². The van der Waals surface area contributed by atoms with E-state index in [1.54, 1.807) is 0 Å². The van der Waals surface area contributed by atoms with Crippen molar-refractivity contribution in [1.82, 2.24) is 0 Å². The molecule has 0 aliphatic carbocycles. The van der Waals surface area contributed by atoms with Gasteiger partial charge in [0.1, 0.15) is 0 Å². The van der Waals surface area contributed by atoms with E-state index in [-0.39, 0.29) is 0 Å². The molecule has 1 aliphatic heterocycles. The fourth-order valence-corrected chi connectivity index (χ4v) is 4.04. The Balaban J connectivity index is 1.62. The number of rotatable bonds is 8. The van der Waals surface area contributed by atoms with Crippen molar-refractivity contribution in [2.75, 3.05) is 50.2 Å². The monoisotopic (exact) mass is 366 g/mol. The van der Waals surface area contributed by atoms with Crippen molar-refractivity contribution in [3.8, 4) is 0 Å². The van der Waals surface area contributed by atoms with Crippen molar-refractivity contribution < 1.29 is 4.74 Å². The number of ether oxygens (including phenoxy) is 1. The van der Waals surface area contributed by atoms with Crippen LogP contribution in [0.3, 0.4) is 0 Å². The summed E-state index contributed by atoms with van der Waals surface area (Å²) in [6.45, 7) is 6.03. The Hall–Kier alpha value is -2.00. The molecule has 0 atom stereocenters. The molecule has 0 bridgehead atoms. The first kappa shape index (κ1) is 19.8. The molecule has 2 aromatic carbocycles. The van der Waals surface area contributed by atoms with Gasteiger partial charge in [-0.3, -0.25) is 0 Å². The van der Waals surface area contributed by atoms with Gasteiger partial charge in [0, 0.05) is 45.2 Å². The Morgan fingerprint density at radius 2 is 1.63 bits per heavy atom. The van der Waals surface area contributed by atoms with E-state index in [0.29, 0.717) is 5.41 Å². The summed E-state index contributed by atoms with van der Waals surface area (Å²) in [6, 6.07) is 19.8. The van der Waals surface area contributed by atoms with Crippen molar-refractivity contribution in [3.05, 3.63) is 60.2 Å². The van der Waals surface area contributed by atoms with Crippen LogP contribution in [0, 0.1) is 5.41 Å². The molecule has 0 amide bonds. The first-order valence-electron chi connectivity index (χ1n) is 10.3. The van der Waals surface area contributed by atoms with Crippen molar-refractivity contribution >= 4 is 11.4 Å². The second kappa shape index (κ2) is 9.27. The van der Waals surface area contributed by atoms with Gasteiger partial charge in [0.05, 0.1) is 6.61 Å². The molecule has 2 aromatic rings. The molecule has 3 rings (SSSR count). The van der Waals surface area contributed by atoms with E-state index in [0.717, 1.165) is 32.7 Å². The summed E-state index contributed by atoms with van der Waals surface area (Å²) < 4.78 is 5.92. The molecule has 146 valence electrons. The van der Waals surface area contributed by atoms with E-state index in [4.69, 9.17) is 4.74 Å². The fourth-order valence-electron chi connectivity index (χ4n) is 4.04. The Kier molecular flexibility index (Phi) is 6.78. The maximum absolute atomic E-state index is 5.92. The van der Waals surface area contributed by atoms with E-state index in [1.165, 1.54) is 36.2 Å². The molecule has 0 radical (unpaired) electrons. The Labute approximate surface area is 164 Å². The Morgan fingerprint density at radius 3 is 2.22 bits per heavy atom. The van der Waals surface area contributed by atoms with Gasteiger partial charge >= 0.3 is 0 Å². The highest BCUT2D eigenvalue weighted by Gasteiger charge is 2.34. The SMILES string of the molecule is CCOCC1(CCc2ccccc2)CCN(c2ccc(N(C)C)cc2)CC1. The van der Waals surface area contributed by atoms with Gasteiger partial charge in [0.25, 0.3) is 0 Å². The lowest BCUT2D eigenvalue weighted by Crippen LogP contribution is -2.43. The predicted octanol–water partition coefficient (Wildman–Crippen LogP) is 5.01. The maximum Gasteiger partial charge on any atom is 0.0523 e. The topological polar surface area (TPSA) is 15.7 Å². The number of anilines is 2. The first-order valence-corrected chi connectivity index (χ1v) is 10.3. The van der Waals surface area contributed by atoms with Crippen molar-refractivity contribution in [1.29, 1.82) is 0 Å². The molecule has 1 fully saturated rings. The Morgan fingerprint density at radius 1 is 0.963 bits per heavy atom. The summed E-state index contributed by atoms with van der Waals surface area (Å²) in [5.41, 5.74) is 4.35. The predicted molar refractivity (Wildman–Crippen MR) is 116 cm³/mol.